The maximum atomic E-state index is 14.3. The number of aromatic nitrogens is 3. The molecule has 0 atom stereocenters. The third-order valence-electron chi connectivity index (χ3n) is 8.21. The molecule has 6 rings (SSSR count). The lowest BCUT2D eigenvalue weighted by atomic mass is 9.74. The molecule has 8 nitrogen and oxygen atoms in total. The van der Waals surface area contributed by atoms with Gasteiger partial charge in [0, 0.05) is 31.9 Å². The predicted molar refractivity (Wildman–Crippen MR) is 142 cm³/mol. The van der Waals surface area contributed by atoms with Crippen molar-refractivity contribution in [3.8, 4) is 0 Å². The molecule has 12 heteroatoms. The molecule has 0 bridgehead atoms. The second kappa shape index (κ2) is 10.3. The van der Waals surface area contributed by atoms with Crippen LogP contribution in [0.1, 0.15) is 53.7 Å². The second-order valence-electron chi connectivity index (χ2n) is 10.7. The zero-order chi connectivity index (χ0) is 28.0. The van der Waals surface area contributed by atoms with Crippen LogP contribution < -0.4 is 15.1 Å². The van der Waals surface area contributed by atoms with Crippen LogP contribution in [0.5, 0.6) is 0 Å². The van der Waals surface area contributed by atoms with Crippen molar-refractivity contribution >= 4 is 34.8 Å². The Balaban J connectivity index is 1.11. The minimum Gasteiger partial charge on any atom is -0.366 e. The van der Waals surface area contributed by atoms with E-state index in [1.807, 2.05) is 4.90 Å². The van der Waals surface area contributed by atoms with E-state index < -0.39 is 29.3 Å². The number of amides is 2. The fraction of sp³-hybridized carbons (Fsp3) is 0.393. The summed E-state index contributed by atoms with van der Waals surface area (Å²) in [7, 11) is 0. The maximum Gasteiger partial charge on any atom is 0.281 e. The molecule has 4 heterocycles. The molecule has 1 spiro atoms. The van der Waals surface area contributed by atoms with Crippen LogP contribution in [0.3, 0.4) is 0 Å². The molecular formula is C28H26ClF3N6O2. The van der Waals surface area contributed by atoms with Crippen LogP contribution in [0.25, 0.3) is 0 Å². The maximum absolute atomic E-state index is 14.3. The number of nitrogens with zero attached hydrogens (tertiary/aromatic N) is 5. The number of rotatable bonds is 6. The Morgan fingerprint density at radius 3 is 2.52 bits per heavy atom. The first-order valence-corrected chi connectivity index (χ1v) is 13.5. The fourth-order valence-corrected chi connectivity index (χ4v) is 6.32. The first kappa shape index (κ1) is 26.5. The van der Waals surface area contributed by atoms with E-state index >= 15 is 0 Å². The normalized spacial score (nSPS) is 21.5. The quantitative estimate of drug-likeness (QED) is 0.462. The van der Waals surface area contributed by atoms with Gasteiger partial charge in [0.2, 0.25) is 5.91 Å². The zero-order valence-corrected chi connectivity index (χ0v) is 22.1. The lowest BCUT2D eigenvalue weighted by Gasteiger charge is -2.48. The van der Waals surface area contributed by atoms with Crippen LogP contribution in [-0.2, 0) is 10.2 Å². The molecule has 1 aromatic carbocycles. The standard InChI is InChI=1S/C28H26ClF3N6O2/c29-17-7-21(24(25(31)32)35-9-17)26(39)36-19-4-1-16(2-5-19)12-38-23-8-18(30)3-6-22(23)28(27(38)40)13-37(14-28)20-10-33-15-34-11-20/h3,6-11,15-16,19,25H,1-2,4-5,12-14H2,(H,36,39). The van der Waals surface area contributed by atoms with Crippen molar-refractivity contribution < 1.29 is 22.8 Å². The van der Waals surface area contributed by atoms with Gasteiger partial charge in [-0.1, -0.05) is 17.7 Å². The number of alkyl halides is 2. The van der Waals surface area contributed by atoms with E-state index in [1.165, 1.54) is 24.5 Å². The van der Waals surface area contributed by atoms with Crippen LogP contribution in [-0.4, -0.2) is 52.4 Å². The van der Waals surface area contributed by atoms with Gasteiger partial charge in [-0.05, 0) is 55.4 Å². The number of hydrogen-bond donors (Lipinski definition) is 1. The molecule has 208 valence electrons. The Morgan fingerprint density at radius 2 is 1.82 bits per heavy atom. The number of anilines is 2. The number of halogens is 4. The van der Waals surface area contributed by atoms with Gasteiger partial charge >= 0.3 is 0 Å². The first-order valence-electron chi connectivity index (χ1n) is 13.1. The summed E-state index contributed by atoms with van der Waals surface area (Å²) < 4.78 is 41.0. The van der Waals surface area contributed by atoms with Gasteiger partial charge in [-0.15, -0.1) is 0 Å². The molecular weight excluding hydrogens is 545 g/mol. The minimum absolute atomic E-state index is 0.0374. The molecule has 40 heavy (non-hydrogen) atoms. The summed E-state index contributed by atoms with van der Waals surface area (Å²) in [6.07, 6.45) is 5.74. The average molecular weight is 571 g/mol. The largest absolute Gasteiger partial charge is 0.366 e. The summed E-state index contributed by atoms with van der Waals surface area (Å²) >= 11 is 5.89. The van der Waals surface area contributed by atoms with E-state index in [4.69, 9.17) is 11.6 Å². The highest BCUT2D eigenvalue weighted by molar-refractivity contribution is 6.30. The van der Waals surface area contributed by atoms with Gasteiger partial charge in [0.1, 0.15) is 23.3 Å². The van der Waals surface area contributed by atoms with Crippen molar-refractivity contribution in [2.45, 2.75) is 43.6 Å². The number of nitrogens with one attached hydrogen (secondary N) is 1. The van der Waals surface area contributed by atoms with Crippen molar-refractivity contribution in [1.29, 1.82) is 0 Å². The Morgan fingerprint density at radius 1 is 1.10 bits per heavy atom. The van der Waals surface area contributed by atoms with Crippen molar-refractivity contribution in [2.24, 2.45) is 5.92 Å². The Hall–Kier alpha value is -3.73. The average Bonchev–Trinajstić information content (AvgIpc) is 3.16. The lowest BCUT2D eigenvalue weighted by Crippen LogP contribution is -2.64. The number of carbonyl (C=O) groups is 2. The number of fused-ring (bicyclic) bond motifs is 2. The summed E-state index contributed by atoms with van der Waals surface area (Å²) in [5, 5.41) is 2.94. The number of hydrogen-bond acceptors (Lipinski definition) is 6. The Labute approximate surface area is 233 Å². The molecule has 2 fully saturated rings. The topological polar surface area (TPSA) is 91.3 Å². The van der Waals surface area contributed by atoms with Gasteiger partial charge < -0.3 is 15.1 Å². The van der Waals surface area contributed by atoms with E-state index in [-0.39, 0.29) is 28.5 Å². The third kappa shape index (κ3) is 4.66. The van der Waals surface area contributed by atoms with Gasteiger partial charge in [-0.3, -0.25) is 14.6 Å². The molecule has 1 aliphatic carbocycles. The van der Waals surface area contributed by atoms with Gasteiger partial charge in [0.25, 0.3) is 12.3 Å². The highest BCUT2D eigenvalue weighted by Gasteiger charge is 2.58. The van der Waals surface area contributed by atoms with Crippen LogP contribution in [0.4, 0.5) is 24.5 Å². The Bertz CT molecular complexity index is 1450. The van der Waals surface area contributed by atoms with Crippen LogP contribution in [0, 0.1) is 11.7 Å². The van der Waals surface area contributed by atoms with E-state index in [0.29, 0.717) is 38.2 Å². The highest BCUT2D eigenvalue weighted by Crippen LogP contribution is 2.49. The van der Waals surface area contributed by atoms with E-state index in [2.05, 4.69) is 20.3 Å². The van der Waals surface area contributed by atoms with Crippen LogP contribution in [0.15, 0.2) is 49.2 Å². The molecule has 1 N–H and O–H groups in total. The Kier molecular flexibility index (Phi) is 6.85. The van der Waals surface area contributed by atoms with E-state index in [0.717, 1.165) is 30.3 Å². The lowest BCUT2D eigenvalue weighted by molar-refractivity contribution is -0.124. The highest BCUT2D eigenvalue weighted by atomic mass is 35.5. The minimum atomic E-state index is -2.90. The zero-order valence-electron chi connectivity index (χ0n) is 21.4. The summed E-state index contributed by atoms with van der Waals surface area (Å²) in [6, 6.07) is 5.55. The SMILES string of the molecule is O=C(NC1CCC(CN2C(=O)C3(CN(c4cncnc4)C3)c3ccc(F)cc32)CC1)c1cc(Cl)cnc1C(F)F. The predicted octanol–water partition coefficient (Wildman–Crippen LogP) is 4.70. The molecule has 2 amide bonds. The third-order valence-corrected chi connectivity index (χ3v) is 8.42. The van der Waals surface area contributed by atoms with Crippen LogP contribution in [0.2, 0.25) is 5.02 Å². The van der Waals surface area contributed by atoms with Crippen molar-refractivity contribution in [2.75, 3.05) is 29.4 Å². The molecule has 3 aliphatic rings. The molecule has 2 aliphatic heterocycles. The summed E-state index contributed by atoms with van der Waals surface area (Å²) in [4.78, 5) is 42.1. The smallest absolute Gasteiger partial charge is 0.281 e. The monoisotopic (exact) mass is 570 g/mol. The summed E-state index contributed by atoms with van der Waals surface area (Å²) in [5.41, 5.74) is 0.704. The van der Waals surface area contributed by atoms with E-state index in [9.17, 15) is 22.8 Å². The van der Waals surface area contributed by atoms with Crippen molar-refractivity contribution in [3.63, 3.8) is 0 Å². The molecule has 3 aromatic rings. The first-order chi connectivity index (χ1) is 19.2. The van der Waals surface area contributed by atoms with Crippen molar-refractivity contribution in [1.82, 2.24) is 20.3 Å². The summed E-state index contributed by atoms with van der Waals surface area (Å²) in [6.45, 7) is 1.37. The molecule has 1 saturated heterocycles. The second-order valence-corrected chi connectivity index (χ2v) is 11.1. The molecule has 0 radical (unpaired) electrons. The van der Waals surface area contributed by atoms with Gasteiger partial charge in [0.15, 0.2) is 0 Å². The molecule has 1 saturated carbocycles. The fourth-order valence-electron chi connectivity index (χ4n) is 6.16. The number of carbonyl (C=O) groups excluding carboxylic acids is 2. The molecule has 2 aromatic heterocycles. The van der Waals surface area contributed by atoms with Gasteiger partial charge in [0.05, 0.1) is 34.4 Å². The summed E-state index contributed by atoms with van der Waals surface area (Å²) in [5.74, 6) is -0.921. The van der Waals surface area contributed by atoms with Gasteiger partial charge in [-0.2, -0.15) is 0 Å². The van der Waals surface area contributed by atoms with Crippen molar-refractivity contribution in [3.05, 3.63) is 76.8 Å². The van der Waals surface area contributed by atoms with E-state index in [1.54, 1.807) is 23.4 Å². The molecule has 0 unspecified atom stereocenters. The van der Waals surface area contributed by atoms with Gasteiger partial charge in [-0.25, -0.2) is 23.1 Å². The number of benzene rings is 1. The van der Waals surface area contributed by atoms with Crippen LogP contribution >= 0.6 is 11.6 Å². The number of pyridine rings is 1.